The molecule has 0 aliphatic heterocycles. The number of nitrogens with one attached hydrogen (secondary N) is 2. The first-order chi connectivity index (χ1) is 12.6. The molecule has 130 valence electrons. The van der Waals surface area contributed by atoms with Gasteiger partial charge in [0.1, 0.15) is 0 Å². The molecular formula is C18H15N5O2S. The van der Waals surface area contributed by atoms with E-state index in [4.69, 9.17) is 12.2 Å². The molecule has 0 bridgehead atoms. The van der Waals surface area contributed by atoms with Gasteiger partial charge in [0.25, 0.3) is 5.69 Å². The molecule has 0 amide bonds. The first kappa shape index (κ1) is 17.3. The highest BCUT2D eigenvalue weighted by Gasteiger charge is 2.08. The first-order valence-corrected chi connectivity index (χ1v) is 8.11. The SMILES string of the molecule is O=[N+]([O-])c1cccc(-n2cccc2/C=N/NC(=S)Nc2ccccc2)c1. The van der Waals surface area contributed by atoms with Crippen molar-refractivity contribution in [2.75, 3.05) is 5.32 Å². The molecule has 2 aromatic carbocycles. The Hall–Kier alpha value is -3.52. The maximum atomic E-state index is 10.9. The highest BCUT2D eigenvalue weighted by molar-refractivity contribution is 7.80. The van der Waals surface area contributed by atoms with Crippen LogP contribution < -0.4 is 10.7 Å². The van der Waals surface area contributed by atoms with Gasteiger partial charge in [-0.3, -0.25) is 15.5 Å². The number of para-hydroxylation sites is 1. The van der Waals surface area contributed by atoms with Crippen LogP contribution in [0.25, 0.3) is 5.69 Å². The average Bonchev–Trinajstić information content (AvgIpc) is 3.11. The largest absolute Gasteiger partial charge is 0.331 e. The van der Waals surface area contributed by atoms with E-state index >= 15 is 0 Å². The number of aromatic nitrogens is 1. The summed E-state index contributed by atoms with van der Waals surface area (Å²) in [6.45, 7) is 0. The Morgan fingerprint density at radius 3 is 2.69 bits per heavy atom. The number of rotatable bonds is 5. The van der Waals surface area contributed by atoms with Gasteiger partial charge in [-0.05, 0) is 42.5 Å². The number of hydrogen-bond donors (Lipinski definition) is 2. The fourth-order valence-corrected chi connectivity index (χ4v) is 2.50. The smallest absolute Gasteiger partial charge is 0.271 e. The van der Waals surface area contributed by atoms with Crippen LogP contribution in [0.4, 0.5) is 11.4 Å². The van der Waals surface area contributed by atoms with Crippen LogP contribution in [-0.2, 0) is 0 Å². The molecule has 0 fully saturated rings. The minimum Gasteiger partial charge on any atom is -0.331 e. The molecule has 0 saturated heterocycles. The number of hydrazone groups is 1. The van der Waals surface area contributed by atoms with Gasteiger partial charge < -0.3 is 9.88 Å². The second-order valence-corrected chi connectivity index (χ2v) is 5.68. The zero-order chi connectivity index (χ0) is 18.4. The standard InChI is InChI=1S/C18H15N5O2S/c24-23(25)16-9-4-8-15(12-16)22-11-5-10-17(22)13-19-21-18(26)20-14-6-2-1-3-7-14/h1-13H,(H2,20,21,26)/b19-13+. The number of non-ortho nitro benzene ring substituents is 1. The summed E-state index contributed by atoms with van der Waals surface area (Å²) in [4.78, 5) is 10.5. The molecule has 2 N–H and O–H groups in total. The van der Waals surface area contributed by atoms with E-state index in [0.29, 0.717) is 10.8 Å². The lowest BCUT2D eigenvalue weighted by Gasteiger charge is -2.07. The summed E-state index contributed by atoms with van der Waals surface area (Å²) in [7, 11) is 0. The van der Waals surface area contributed by atoms with E-state index in [1.165, 1.54) is 12.1 Å². The summed E-state index contributed by atoms with van der Waals surface area (Å²) in [5, 5.41) is 18.4. The average molecular weight is 365 g/mol. The van der Waals surface area contributed by atoms with Crippen molar-refractivity contribution in [1.82, 2.24) is 9.99 Å². The van der Waals surface area contributed by atoms with Crippen LogP contribution in [0.5, 0.6) is 0 Å². The van der Waals surface area contributed by atoms with Gasteiger partial charge >= 0.3 is 0 Å². The van der Waals surface area contributed by atoms with Gasteiger partial charge in [-0.25, -0.2) is 0 Å². The molecule has 0 atom stereocenters. The predicted octanol–water partition coefficient (Wildman–Crippen LogP) is 3.71. The minimum atomic E-state index is -0.421. The molecule has 0 radical (unpaired) electrons. The second kappa shape index (κ2) is 8.04. The van der Waals surface area contributed by atoms with E-state index in [2.05, 4.69) is 15.8 Å². The number of hydrogen-bond acceptors (Lipinski definition) is 4. The third-order valence-electron chi connectivity index (χ3n) is 3.49. The van der Waals surface area contributed by atoms with E-state index in [1.807, 2.05) is 42.5 Å². The molecule has 0 unspecified atom stereocenters. The van der Waals surface area contributed by atoms with Crippen LogP contribution in [0.1, 0.15) is 5.69 Å². The summed E-state index contributed by atoms with van der Waals surface area (Å²) >= 11 is 5.19. The predicted molar refractivity (Wildman–Crippen MR) is 106 cm³/mol. The van der Waals surface area contributed by atoms with Crippen molar-refractivity contribution < 1.29 is 4.92 Å². The third-order valence-corrected chi connectivity index (χ3v) is 3.69. The number of nitro groups is 1. The maximum absolute atomic E-state index is 10.9. The molecule has 7 nitrogen and oxygen atoms in total. The van der Waals surface area contributed by atoms with Crippen LogP contribution >= 0.6 is 12.2 Å². The van der Waals surface area contributed by atoms with Gasteiger partial charge in [0.05, 0.1) is 22.5 Å². The normalized spacial score (nSPS) is 10.6. The molecule has 0 aliphatic rings. The molecule has 0 aliphatic carbocycles. The molecule has 26 heavy (non-hydrogen) atoms. The summed E-state index contributed by atoms with van der Waals surface area (Å²) in [5.41, 5.74) is 5.07. The van der Waals surface area contributed by atoms with Crippen molar-refractivity contribution in [3.05, 3.63) is 88.7 Å². The zero-order valence-corrected chi connectivity index (χ0v) is 14.4. The molecule has 3 rings (SSSR count). The van der Waals surface area contributed by atoms with Gasteiger partial charge in [-0.15, -0.1) is 0 Å². The monoisotopic (exact) mass is 365 g/mol. The van der Waals surface area contributed by atoms with Gasteiger partial charge in [-0.2, -0.15) is 5.10 Å². The highest BCUT2D eigenvalue weighted by atomic mass is 32.1. The lowest BCUT2D eigenvalue weighted by Crippen LogP contribution is -2.23. The van der Waals surface area contributed by atoms with E-state index in [-0.39, 0.29) is 5.69 Å². The summed E-state index contributed by atoms with van der Waals surface area (Å²) in [6, 6.07) is 19.6. The van der Waals surface area contributed by atoms with Gasteiger partial charge in [-0.1, -0.05) is 24.3 Å². The minimum absolute atomic E-state index is 0.0328. The Morgan fingerprint density at radius 1 is 1.12 bits per heavy atom. The van der Waals surface area contributed by atoms with Gasteiger partial charge in [0.2, 0.25) is 0 Å². The molecular weight excluding hydrogens is 350 g/mol. The van der Waals surface area contributed by atoms with E-state index in [9.17, 15) is 10.1 Å². The second-order valence-electron chi connectivity index (χ2n) is 5.27. The Kier molecular flexibility index (Phi) is 5.35. The van der Waals surface area contributed by atoms with Crippen LogP contribution in [0.3, 0.4) is 0 Å². The molecule has 1 heterocycles. The number of benzene rings is 2. The maximum Gasteiger partial charge on any atom is 0.271 e. The number of nitro benzene ring substituents is 1. The van der Waals surface area contributed by atoms with E-state index < -0.39 is 4.92 Å². The van der Waals surface area contributed by atoms with Crippen molar-refractivity contribution in [2.45, 2.75) is 0 Å². The highest BCUT2D eigenvalue weighted by Crippen LogP contribution is 2.18. The van der Waals surface area contributed by atoms with Crippen LogP contribution in [-0.4, -0.2) is 20.8 Å². The Bertz CT molecular complexity index is 953. The summed E-state index contributed by atoms with van der Waals surface area (Å²) in [6.07, 6.45) is 3.40. The Labute approximate surface area is 155 Å². The van der Waals surface area contributed by atoms with Crippen LogP contribution in [0.15, 0.2) is 78.0 Å². The fraction of sp³-hybridized carbons (Fsp3) is 0. The topological polar surface area (TPSA) is 84.5 Å². The van der Waals surface area contributed by atoms with Crippen LogP contribution in [0, 0.1) is 10.1 Å². The van der Waals surface area contributed by atoms with E-state index in [1.54, 1.807) is 29.1 Å². The lowest BCUT2D eigenvalue weighted by atomic mass is 10.2. The van der Waals surface area contributed by atoms with E-state index in [0.717, 1.165) is 11.4 Å². The van der Waals surface area contributed by atoms with Gasteiger partial charge in [0.15, 0.2) is 5.11 Å². The van der Waals surface area contributed by atoms with Crippen molar-refractivity contribution in [1.29, 1.82) is 0 Å². The lowest BCUT2D eigenvalue weighted by molar-refractivity contribution is -0.384. The van der Waals surface area contributed by atoms with Crippen molar-refractivity contribution in [3.8, 4) is 5.69 Å². The molecule has 8 heteroatoms. The fourth-order valence-electron chi connectivity index (χ4n) is 2.33. The molecule has 3 aromatic rings. The summed E-state index contributed by atoms with van der Waals surface area (Å²) < 4.78 is 1.80. The molecule has 0 spiro atoms. The van der Waals surface area contributed by atoms with Gasteiger partial charge in [0, 0.05) is 24.0 Å². The van der Waals surface area contributed by atoms with Crippen molar-refractivity contribution >= 4 is 34.9 Å². The number of thiocarbonyl (C=S) groups is 1. The quantitative estimate of drug-likeness (QED) is 0.312. The van der Waals surface area contributed by atoms with Crippen molar-refractivity contribution in [2.24, 2.45) is 5.10 Å². The zero-order valence-electron chi connectivity index (χ0n) is 13.6. The van der Waals surface area contributed by atoms with Crippen molar-refractivity contribution in [3.63, 3.8) is 0 Å². The molecule has 0 saturated carbocycles. The van der Waals surface area contributed by atoms with Crippen LogP contribution in [0.2, 0.25) is 0 Å². The third kappa shape index (κ3) is 4.31. The number of nitrogens with zero attached hydrogens (tertiary/aromatic N) is 3. The Morgan fingerprint density at radius 2 is 1.92 bits per heavy atom. The summed E-state index contributed by atoms with van der Waals surface area (Å²) in [5.74, 6) is 0. The first-order valence-electron chi connectivity index (χ1n) is 7.71. The molecule has 1 aromatic heterocycles. The number of anilines is 1. The Balaban J connectivity index is 1.69.